The molecule has 3 aromatic rings. The highest BCUT2D eigenvalue weighted by Gasteiger charge is 2.29. The number of fused-ring (bicyclic) bond motifs is 1. The van der Waals surface area contributed by atoms with Gasteiger partial charge in [0.05, 0.1) is 32.0 Å². The maximum absolute atomic E-state index is 11.5. The molecule has 9 nitrogen and oxygen atoms in total. The molecule has 1 aromatic carbocycles. The third kappa shape index (κ3) is 4.04. The monoisotopic (exact) mass is 417 g/mol. The molecule has 0 bridgehead atoms. The van der Waals surface area contributed by atoms with Gasteiger partial charge in [-0.15, -0.1) is 0 Å². The molecule has 0 unspecified atom stereocenters. The van der Waals surface area contributed by atoms with Gasteiger partial charge in [-0.05, 0) is 18.2 Å². The van der Waals surface area contributed by atoms with E-state index in [9.17, 15) is 4.79 Å². The molecule has 0 atom stereocenters. The van der Waals surface area contributed by atoms with Crippen molar-refractivity contribution in [2.75, 3.05) is 41.4 Å². The summed E-state index contributed by atoms with van der Waals surface area (Å²) in [7, 11) is 0. The number of aromatic nitrogens is 4. The van der Waals surface area contributed by atoms with Gasteiger partial charge in [-0.3, -0.25) is 4.79 Å². The standard InChI is InChI=1S/C22H23N7O2/c1-15(30)25-17-5-2-4-16(12-17)20-26-19-14-29(22-23-6-3-7-24-22)13-18(19)21(27-20)28-8-10-31-11-9-28/h2-7,12H,8-11,13-14H2,1H3,(H,25,30). The van der Waals surface area contributed by atoms with Crippen molar-refractivity contribution in [3.05, 3.63) is 54.0 Å². The van der Waals surface area contributed by atoms with Crippen LogP contribution in [0.3, 0.4) is 0 Å². The maximum Gasteiger partial charge on any atom is 0.225 e. The normalized spacial score (nSPS) is 15.6. The first-order chi connectivity index (χ1) is 15.2. The predicted octanol–water partition coefficient (Wildman–Crippen LogP) is 2.25. The number of benzene rings is 1. The molecule has 2 aliphatic rings. The summed E-state index contributed by atoms with van der Waals surface area (Å²) in [6.45, 7) is 5.72. The van der Waals surface area contributed by atoms with Crippen LogP contribution in [0.25, 0.3) is 11.4 Å². The van der Waals surface area contributed by atoms with Crippen LogP contribution in [0.1, 0.15) is 18.2 Å². The molecule has 31 heavy (non-hydrogen) atoms. The van der Waals surface area contributed by atoms with Gasteiger partial charge < -0.3 is 19.9 Å². The fraction of sp³-hybridized carbons (Fsp3) is 0.318. The summed E-state index contributed by atoms with van der Waals surface area (Å²) < 4.78 is 5.54. The van der Waals surface area contributed by atoms with Crippen molar-refractivity contribution in [2.24, 2.45) is 0 Å². The number of carbonyl (C=O) groups is 1. The van der Waals surface area contributed by atoms with Gasteiger partial charge in [0.2, 0.25) is 11.9 Å². The number of nitrogens with zero attached hydrogens (tertiary/aromatic N) is 6. The molecule has 158 valence electrons. The average molecular weight is 417 g/mol. The van der Waals surface area contributed by atoms with E-state index in [1.807, 2.05) is 30.3 Å². The Morgan fingerprint density at radius 3 is 2.61 bits per heavy atom. The maximum atomic E-state index is 11.5. The van der Waals surface area contributed by atoms with Crippen molar-refractivity contribution in [2.45, 2.75) is 20.0 Å². The minimum absolute atomic E-state index is 0.112. The van der Waals surface area contributed by atoms with Crippen molar-refractivity contribution < 1.29 is 9.53 Å². The number of morpholine rings is 1. The molecule has 4 heterocycles. The Hall–Kier alpha value is -3.59. The van der Waals surface area contributed by atoms with E-state index >= 15 is 0 Å². The van der Waals surface area contributed by atoms with E-state index in [0.717, 1.165) is 41.4 Å². The highest BCUT2D eigenvalue weighted by molar-refractivity contribution is 5.89. The largest absolute Gasteiger partial charge is 0.378 e. The van der Waals surface area contributed by atoms with Crippen LogP contribution in [-0.4, -0.2) is 52.1 Å². The van der Waals surface area contributed by atoms with Crippen LogP contribution in [0.4, 0.5) is 17.5 Å². The number of hydrogen-bond donors (Lipinski definition) is 1. The van der Waals surface area contributed by atoms with E-state index in [0.29, 0.717) is 38.1 Å². The Morgan fingerprint density at radius 1 is 1.03 bits per heavy atom. The summed E-state index contributed by atoms with van der Waals surface area (Å²) in [5.41, 5.74) is 3.67. The zero-order valence-electron chi connectivity index (χ0n) is 17.3. The molecule has 5 rings (SSSR count). The Balaban J connectivity index is 1.55. The van der Waals surface area contributed by atoms with E-state index in [2.05, 4.69) is 25.1 Å². The van der Waals surface area contributed by atoms with E-state index in [1.165, 1.54) is 6.92 Å². The van der Waals surface area contributed by atoms with Crippen molar-refractivity contribution >= 4 is 23.4 Å². The lowest BCUT2D eigenvalue weighted by Gasteiger charge is -2.29. The molecule has 1 fully saturated rings. The van der Waals surface area contributed by atoms with Gasteiger partial charge in [-0.25, -0.2) is 19.9 Å². The summed E-state index contributed by atoms with van der Waals surface area (Å²) in [6, 6.07) is 9.43. The van der Waals surface area contributed by atoms with Crippen molar-refractivity contribution in [3.63, 3.8) is 0 Å². The minimum atomic E-state index is -0.112. The van der Waals surface area contributed by atoms with Gasteiger partial charge in [-0.1, -0.05) is 12.1 Å². The van der Waals surface area contributed by atoms with Crippen molar-refractivity contribution in [1.82, 2.24) is 19.9 Å². The SMILES string of the molecule is CC(=O)Nc1cccc(-c2nc3c(c(N4CCOCC4)n2)CN(c2ncccn2)C3)c1. The van der Waals surface area contributed by atoms with Crippen LogP contribution in [-0.2, 0) is 22.6 Å². The number of nitrogens with one attached hydrogen (secondary N) is 1. The summed E-state index contributed by atoms with van der Waals surface area (Å²) in [5.74, 6) is 2.15. The number of carbonyl (C=O) groups excluding carboxylic acids is 1. The van der Waals surface area contributed by atoms with Crippen LogP contribution in [0.15, 0.2) is 42.7 Å². The lowest BCUT2D eigenvalue weighted by molar-refractivity contribution is -0.114. The first-order valence-corrected chi connectivity index (χ1v) is 10.3. The first-order valence-electron chi connectivity index (χ1n) is 10.3. The van der Waals surface area contributed by atoms with Crippen LogP contribution in [0, 0.1) is 0 Å². The third-order valence-electron chi connectivity index (χ3n) is 5.35. The van der Waals surface area contributed by atoms with Gasteiger partial charge in [0.1, 0.15) is 5.82 Å². The number of anilines is 3. The fourth-order valence-electron chi connectivity index (χ4n) is 3.94. The van der Waals surface area contributed by atoms with Gasteiger partial charge >= 0.3 is 0 Å². The van der Waals surface area contributed by atoms with Gasteiger partial charge in [-0.2, -0.15) is 0 Å². The van der Waals surface area contributed by atoms with Crippen LogP contribution in [0.2, 0.25) is 0 Å². The Morgan fingerprint density at radius 2 is 1.84 bits per heavy atom. The summed E-state index contributed by atoms with van der Waals surface area (Å²) in [4.78, 5) is 34.5. The number of amides is 1. The molecule has 9 heteroatoms. The molecule has 1 saturated heterocycles. The molecular weight excluding hydrogens is 394 g/mol. The van der Waals surface area contributed by atoms with E-state index in [4.69, 9.17) is 14.7 Å². The molecule has 2 aliphatic heterocycles. The molecule has 0 spiro atoms. The van der Waals surface area contributed by atoms with Crippen LogP contribution < -0.4 is 15.1 Å². The van der Waals surface area contributed by atoms with Gasteiger partial charge in [0, 0.05) is 49.2 Å². The molecule has 2 aromatic heterocycles. The second kappa shape index (κ2) is 8.27. The fourth-order valence-corrected chi connectivity index (χ4v) is 3.94. The summed E-state index contributed by atoms with van der Waals surface area (Å²) >= 11 is 0. The molecule has 1 amide bonds. The van der Waals surface area contributed by atoms with Crippen molar-refractivity contribution in [3.8, 4) is 11.4 Å². The first kappa shape index (κ1) is 19.4. The molecule has 1 N–H and O–H groups in total. The average Bonchev–Trinajstić information content (AvgIpc) is 3.24. The summed E-state index contributed by atoms with van der Waals surface area (Å²) in [5, 5.41) is 2.83. The topological polar surface area (TPSA) is 96.4 Å². The Bertz CT molecular complexity index is 1100. The van der Waals surface area contributed by atoms with Crippen LogP contribution in [0.5, 0.6) is 0 Å². The highest BCUT2D eigenvalue weighted by atomic mass is 16.5. The van der Waals surface area contributed by atoms with Crippen molar-refractivity contribution in [1.29, 1.82) is 0 Å². The highest BCUT2D eigenvalue weighted by Crippen LogP contribution is 2.34. The van der Waals surface area contributed by atoms with E-state index in [1.54, 1.807) is 12.4 Å². The minimum Gasteiger partial charge on any atom is -0.378 e. The molecule has 0 aliphatic carbocycles. The van der Waals surface area contributed by atoms with E-state index in [-0.39, 0.29) is 5.91 Å². The quantitative estimate of drug-likeness (QED) is 0.691. The second-order valence-electron chi connectivity index (χ2n) is 7.56. The van der Waals surface area contributed by atoms with Gasteiger partial charge in [0.15, 0.2) is 5.82 Å². The molecular formula is C22H23N7O2. The Kier molecular flexibility index (Phi) is 5.17. The van der Waals surface area contributed by atoms with E-state index < -0.39 is 0 Å². The van der Waals surface area contributed by atoms with Crippen LogP contribution >= 0.6 is 0 Å². The Labute approximate surface area is 180 Å². The molecule has 0 radical (unpaired) electrons. The lowest BCUT2D eigenvalue weighted by Crippen LogP contribution is -2.37. The molecule has 0 saturated carbocycles. The number of rotatable bonds is 4. The predicted molar refractivity (Wildman–Crippen MR) is 117 cm³/mol. The van der Waals surface area contributed by atoms with Gasteiger partial charge in [0.25, 0.3) is 0 Å². The number of hydrogen-bond acceptors (Lipinski definition) is 8. The smallest absolute Gasteiger partial charge is 0.225 e. The zero-order chi connectivity index (χ0) is 21.2. The number of ether oxygens (including phenoxy) is 1. The lowest BCUT2D eigenvalue weighted by atomic mass is 10.1. The second-order valence-corrected chi connectivity index (χ2v) is 7.56. The summed E-state index contributed by atoms with van der Waals surface area (Å²) in [6.07, 6.45) is 3.50. The zero-order valence-corrected chi connectivity index (χ0v) is 17.3. The third-order valence-corrected chi connectivity index (χ3v) is 5.35.